The second-order valence-corrected chi connectivity index (χ2v) is 4.87. The Morgan fingerprint density at radius 2 is 2.20 bits per heavy atom. The van der Waals surface area contributed by atoms with Crippen molar-refractivity contribution in [3.63, 3.8) is 0 Å². The lowest BCUT2D eigenvalue weighted by molar-refractivity contribution is 0.0691. The van der Waals surface area contributed by atoms with Crippen molar-refractivity contribution >= 4 is 40.5 Å². The minimum Gasteiger partial charge on any atom is -0.476 e. The quantitative estimate of drug-likeness (QED) is 0.907. The Morgan fingerprint density at radius 1 is 1.45 bits per heavy atom. The monoisotopic (exact) mass is 307 g/mol. The van der Waals surface area contributed by atoms with Gasteiger partial charge < -0.3 is 10.4 Å². The maximum Gasteiger partial charge on any atom is 0.355 e. The van der Waals surface area contributed by atoms with E-state index in [9.17, 15) is 9.59 Å². The Labute approximate surface area is 122 Å². The predicted octanol–water partition coefficient (Wildman–Crippen LogP) is 2.62. The molecule has 2 aromatic rings. The number of thiazole rings is 1. The van der Waals surface area contributed by atoms with Gasteiger partial charge in [0.25, 0.3) is 5.91 Å². The molecule has 100 valence electrons. The Bertz CT molecular complexity index is 736. The second-order valence-electron chi connectivity index (χ2n) is 3.60. The zero-order chi connectivity index (χ0) is 14.7. The third-order valence-corrected chi connectivity index (χ3v) is 3.42. The molecule has 1 aromatic heterocycles. The highest BCUT2D eigenvalue weighted by atomic mass is 35.5. The van der Waals surface area contributed by atoms with Crippen LogP contribution in [0, 0.1) is 11.3 Å². The van der Waals surface area contributed by atoms with Crippen LogP contribution in [-0.2, 0) is 0 Å². The molecule has 0 bridgehead atoms. The molecular formula is C12H6ClN3O3S. The highest BCUT2D eigenvalue weighted by molar-refractivity contribution is 7.12. The largest absolute Gasteiger partial charge is 0.476 e. The minimum atomic E-state index is -1.20. The van der Waals surface area contributed by atoms with Gasteiger partial charge in [-0.25, -0.2) is 9.78 Å². The van der Waals surface area contributed by atoms with Gasteiger partial charge in [-0.3, -0.25) is 4.79 Å². The highest BCUT2D eigenvalue weighted by Gasteiger charge is 2.15. The summed E-state index contributed by atoms with van der Waals surface area (Å²) in [5.41, 5.74) is 0.504. The molecule has 0 fully saturated rings. The molecule has 0 unspecified atom stereocenters. The molecule has 8 heteroatoms. The van der Waals surface area contributed by atoms with Crippen LogP contribution < -0.4 is 5.32 Å². The fourth-order valence-corrected chi connectivity index (χ4v) is 2.25. The zero-order valence-electron chi connectivity index (χ0n) is 9.75. The van der Waals surface area contributed by atoms with Crippen LogP contribution in [0.25, 0.3) is 0 Å². The minimum absolute atomic E-state index is 0.0165. The highest BCUT2D eigenvalue weighted by Crippen LogP contribution is 2.23. The number of halogens is 1. The number of benzene rings is 1. The molecule has 0 atom stereocenters. The molecule has 20 heavy (non-hydrogen) atoms. The summed E-state index contributed by atoms with van der Waals surface area (Å²) in [5.74, 6) is -1.76. The Balaban J connectivity index is 2.19. The number of hydrogen-bond acceptors (Lipinski definition) is 5. The molecular weight excluding hydrogens is 302 g/mol. The van der Waals surface area contributed by atoms with E-state index in [-0.39, 0.29) is 15.7 Å². The van der Waals surface area contributed by atoms with E-state index >= 15 is 0 Å². The molecule has 0 aliphatic rings. The van der Waals surface area contributed by atoms with E-state index in [2.05, 4.69) is 10.3 Å². The summed E-state index contributed by atoms with van der Waals surface area (Å²) in [7, 11) is 0. The van der Waals surface area contributed by atoms with Gasteiger partial charge in [0.15, 0.2) is 10.7 Å². The van der Waals surface area contributed by atoms with E-state index in [0.29, 0.717) is 11.3 Å². The summed E-state index contributed by atoms with van der Waals surface area (Å²) >= 11 is 6.84. The Hall–Kier alpha value is -2.43. The van der Waals surface area contributed by atoms with Gasteiger partial charge in [-0.05, 0) is 18.2 Å². The zero-order valence-corrected chi connectivity index (χ0v) is 11.3. The summed E-state index contributed by atoms with van der Waals surface area (Å²) in [4.78, 5) is 26.2. The van der Waals surface area contributed by atoms with Gasteiger partial charge in [-0.15, -0.1) is 11.3 Å². The van der Waals surface area contributed by atoms with E-state index in [0.717, 1.165) is 11.3 Å². The van der Waals surface area contributed by atoms with Crippen LogP contribution in [0.5, 0.6) is 0 Å². The first-order valence-corrected chi connectivity index (χ1v) is 6.47. The van der Waals surface area contributed by atoms with Crippen molar-refractivity contribution in [3.8, 4) is 6.07 Å². The summed E-state index contributed by atoms with van der Waals surface area (Å²) in [6.45, 7) is 0. The van der Waals surface area contributed by atoms with Gasteiger partial charge in [0.1, 0.15) is 0 Å². The maximum absolute atomic E-state index is 11.9. The third-order valence-electron chi connectivity index (χ3n) is 2.26. The smallest absolute Gasteiger partial charge is 0.355 e. The van der Waals surface area contributed by atoms with Crippen molar-refractivity contribution in [3.05, 3.63) is 44.9 Å². The molecule has 0 saturated heterocycles. The van der Waals surface area contributed by atoms with Gasteiger partial charge in [0.05, 0.1) is 22.3 Å². The van der Waals surface area contributed by atoms with Crippen LogP contribution in [0.2, 0.25) is 5.02 Å². The van der Waals surface area contributed by atoms with Crippen molar-refractivity contribution in [2.75, 3.05) is 5.32 Å². The first-order chi connectivity index (χ1) is 9.51. The van der Waals surface area contributed by atoms with Gasteiger partial charge in [-0.1, -0.05) is 11.6 Å². The number of hydrogen-bond donors (Lipinski definition) is 2. The van der Waals surface area contributed by atoms with Crippen LogP contribution >= 0.6 is 22.9 Å². The van der Waals surface area contributed by atoms with Crippen molar-refractivity contribution < 1.29 is 14.7 Å². The molecule has 2 rings (SSSR count). The number of aromatic nitrogens is 1. The van der Waals surface area contributed by atoms with E-state index in [1.807, 2.05) is 6.07 Å². The van der Waals surface area contributed by atoms with E-state index in [1.165, 1.54) is 23.6 Å². The number of anilines is 1. The van der Waals surface area contributed by atoms with Crippen LogP contribution in [0.4, 0.5) is 5.69 Å². The lowest BCUT2D eigenvalue weighted by Crippen LogP contribution is -2.12. The summed E-state index contributed by atoms with van der Waals surface area (Å²) < 4.78 is 0. The molecule has 0 aliphatic carbocycles. The topological polar surface area (TPSA) is 103 Å². The predicted molar refractivity (Wildman–Crippen MR) is 73.2 cm³/mol. The first kappa shape index (κ1) is 14.0. The first-order valence-electron chi connectivity index (χ1n) is 5.21. The molecule has 0 radical (unpaired) electrons. The molecule has 0 aliphatic heterocycles. The molecule has 1 heterocycles. The maximum atomic E-state index is 11.9. The second kappa shape index (κ2) is 5.69. The number of rotatable bonds is 3. The standard InChI is InChI=1S/C12H6ClN3O3S/c13-7-3-6(4-14)1-2-8(7)15-10(17)11-16-9(5-20-11)12(18)19/h1-3,5H,(H,15,17)(H,18,19). The number of carbonyl (C=O) groups excluding carboxylic acids is 1. The third kappa shape index (κ3) is 2.93. The summed E-state index contributed by atoms with van der Waals surface area (Å²) in [6.07, 6.45) is 0. The number of amides is 1. The van der Waals surface area contributed by atoms with Gasteiger partial charge in [-0.2, -0.15) is 5.26 Å². The molecule has 1 amide bonds. The average Bonchev–Trinajstić information content (AvgIpc) is 2.91. The number of carboxylic acids is 1. The van der Waals surface area contributed by atoms with E-state index in [4.69, 9.17) is 22.0 Å². The van der Waals surface area contributed by atoms with Crippen molar-refractivity contribution in [2.24, 2.45) is 0 Å². The fourth-order valence-electron chi connectivity index (χ4n) is 1.34. The van der Waals surface area contributed by atoms with Crippen molar-refractivity contribution in [2.45, 2.75) is 0 Å². The van der Waals surface area contributed by atoms with E-state index in [1.54, 1.807) is 0 Å². The average molecular weight is 308 g/mol. The Kier molecular flexibility index (Phi) is 3.98. The SMILES string of the molecule is N#Cc1ccc(NC(=O)c2nc(C(=O)O)cs2)c(Cl)c1. The molecule has 1 aromatic carbocycles. The molecule has 0 saturated carbocycles. The van der Waals surface area contributed by atoms with Crippen LogP contribution in [0.15, 0.2) is 23.6 Å². The molecule has 6 nitrogen and oxygen atoms in total. The molecule has 2 N–H and O–H groups in total. The normalized spacial score (nSPS) is 9.80. The summed E-state index contributed by atoms with van der Waals surface area (Å²) in [6, 6.07) is 6.34. The summed E-state index contributed by atoms with van der Waals surface area (Å²) in [5, 5.41) is 21.5. The van der Waals surface area contributed by atoms with Crippen molar-refractivity contribution in [1.29, 1.82) is 5.26 Å². The number of nitrogens with zero attached hydrogens (tertiary/aromatic N) is 2. The van der Waals surface area contributed by atoms with Crippen LogP contribution in [0.3, 0.4) is 0 Å². The molecule has 0 spiro atoms. The van der Waals surface area contributed by atoms with Gasteiger partial charge >= 0.3 is 5.97 Å². The number of nitrogens with one attached hydrogen (secondary N) is 1. The number of aromatic carboxylic acids is 1. The Morgan fingerprint density at radius 3 is 2.75 bits per heavy atom. The van der Waals surface area contributed by atoms with E-state index < -0.39 is 11.9 Å². The van der Waals surface area contributed by atoms with Gasteiger partial charge in [0, 0.05) is 5.38 Å². The van der Waals surface area contributed by atoms with Crippen LogP contribution in [0.1, 0.15) is 25.9 Å². The lowest BCUT2D eigenvalue weighted by Gasteiger charge is -2.05. The number of carbonyl (C=O) groups is 2. The number of nitriles is 1. The van der Waals surface area contributed by atoms with Crippen molar-refractivity contribution in [1.82, 2.24) is 4.98 Å². The fraction of sp³-hybridized carbons (Fsp3) is 0. The van der Waals surface area contributed by atoms with Crippen LogP contribution in [-0.4, -0.2) is 22.0 Å². The van der Waals surface area contributed by atoms with Gasteiger partial charge in [0.2, 0.25) is 0 Å². The lowest BCUT2D eigenvalue weighted by atomic mass is 10.2. The number of carboxylic acid groups (broad SMARTS) is 1.